The maximum Gasteiger partial charge on any atom is 0.226 e. The van der Waals surface area contributed by atoms with Crippen molar-refractivity contribution < 1.29 is 9.53 Å². The number of hydrogen-bond acceptors (Lipinski definition) is 3. The number of amides is 1. The molecular formula is C13H24N2O2. The van der Waals surface area contributed by atoms with E-state index < -0.39 is 0 Å². The highest BCUT2D eigenvalue weighted by Crippen LogP contribution is 2.39. The van der Waals surface area contributed by atoms with Gasteiger partial charge in [0.2, 0.25) is 5.91 Å². The monoisotopic (exact) mass is 240 g/mol. The molecule has 1 amide bonds. The molecule has 4 unspecified atom stereocenters. The Balaban J connectivity index is 1.90. The molecule has 4 nitrogen and oxygen atoms in total. The number of nitrogens with one attached hydrogen (secondary N) is 1. The van der Waals surface area contributed by atoms with Gasteiger partial charge in [0.05, 0.1) is 12.0 Å². The molecule has 98 valence electrons. The minimum absolute atomic E-state index is 0.0246. The zero-order valence-electron chi connectivity index (χ0n) is 11.0. The van der Waals surface area contributed by atoms with Crippen molar-refractivity contribution in [2.24, 2.45) is 17.1 Å². The lowest BCUT2D eigenvalue weighted by Crippen LogP contribution is -2.65. The molecule has 2 rings (SSSR count). The summed E-state index contributed by atoms with van der Waals surface area (Å²) in [5.41, 5.74) is 5.98. The molecule has 17 heavy (non-hydrogen) atoms. The topological polar surface area (TPSA) is 64.3 Å². The van der Waals surface area contributed by atoms with Crippen LogP contribution in [-0.2, 0) is 9.53 Å². The second-order valence-electron chi connectivity index (χ2n) is 5.94. The molecule has 1 saturated heterocycles. The zero-order valence-corrected chi connectivity index (χ0v) is 11.0. The van der Waals surface area contributed by atoms with Crippen LogP contribution in [-0.4, -0.2) is 30.7 Å². The van der Waals surface area contributed by atoms with Crippen molar-refractivity contribution >= 4 is 5.91 Å². The summed E-state index contributed by atoms with van der Waals surface area (Å²) in [7, 11) is 0. The average molecular weight is 240 g/mol. The number of nitrogens with two attached hydrogens (primary N) is 1. The van der Waals surface area contributed by atoms with Gasteiger partial charge in [-0.25, -0.2) is 0 Å². The van der Waals surface area contributed by atoms with E-state index in [0.717, 1.165) is 19.3 Å². The summed E-state index contributed by atoms with van der Waals surface area (Å²) in [4.78, 5) is 12.2. The molecule has 4 atom stereocenters. The van der Waals surface area contributed by atoms with Gasteiger partial charge in [0, 0.05) is 24.1 Å². The van der Waals surface area contributed by atoms with Crippen LogP contribution >= 0.6 is 0 Å². The third kappa shape index (κ3) is 2.20. The maximum atomic E-state index is 12.2. The van der Waals surface area contributed by atoms with Gasteiger partial charge in [0.1, 0.15) is 0 Å². The molecule has 0 bridgehead atoms. The molecule has 0 radical (unpaired) electrons. The summed E-state index contributed by atoms with van der Waals surface area (Å²) in [5.74, 6) is 0.187. The van der Waals surface area contributed by atoms with Crippen molar-refractivity contribution in [2.75, 3.05) is 6.61 Å². The fraction of sp³-hybridized carbons (Fsp3) is 0.923. The zero-order chi connectivity index (χ0) is 12.6. The molecule has 1 aliphatic carbocycles. The van der Waals surface area contributed by atoms with Crippen molar-refractivity contribution in [3.8, 4) is 0 Å². The molecule has 2 fully saturated rings. The molecule has 4 heteroatoms. The van der Waals surface area contributed by atoms with Gasteiger partial charge in [-0.1, -0.05) is 20.8 Å². The highest BCUT2D eigenvalue weighted by atomic mass is 16.5. The molecule has 3 N–H and O–H groups in total. The van der Waals surface area contributed by atoms with Gasteiger partial charge in [0.25, 0.3) is 0 Å². The standard InChI is InChI=1S/C13H24N2O2/c1-4-9-8(5-6-17-9)12(16)15-11-7-10(14)13(11,2)3/h8-11H,4-7,14H2,1-3H3,(H,15,16). The maximum absolute atomic E-state index is 12.2. The van der Waals surface area contributed by atoms with Gasteiger partial charge >= 0.3 is 0 Å². The van der Waals surface area contributed by atoms with E-state index in [1.807, 2.05) is 0 Å². The van der Waals surface area contributed by atoms with Gasteiger partial charge in [0.15, 0.2) is 0 Å². The van der Waals surface area contributed by atoms with Crippen LogP contribution in [0.3, 0.4) is 0 Å². The predicted octanol–water partition coefficient (Wildman–Crippen LogP) is 1.04. The van der Waals surface area contributed by atoms with E-state index in [-0.39, 0.29) is 35.4 Å². The summed E-state index contributed by atoms with van der Waals surface area (Å²) in [6, 6.07) is 0.428. The van der Waals surface area contributed by atoms with Crippen LogP contribution in [0.25, 0.3) is 0 Å². The first kappa shape index (κ1) is 12.8. The predicted molar refractivity (Wildman–Crippen MR) is 66.4 cm³/mol. The van der Waals surface area contributed by atoms with Crippen LogP contribution in [0.15, 0.2) is 0 Å². The third-order valence-electron chi connectivity index (χ3n) is 4.61. The highest BCUT2D eigenvalue weighted by molar-refractivity contribution is 5.80. The number of carbonyl (C=O) groups is 1. The molecule has 0 aromatic rings. The first-order valence-corrected chi connectivity index (χ1v) is 6.64. The largest absolute Gasteiger partial charge is 0.377 e. The Kier molecular flexibility index (Phi) is 3.46. The van der Waals surface area contributed by atoms with Crippen molar-refractivity contribution in [2.45, 2.75) is 58.2 Å². The fourth-order valence-electron chi connectivity index (χ4n) is 2.83. The molecule has 0 spiro atoms. The molecular weight excluding hydrogens is 216 g/mol. The Morgan fingerprint density at radius 3 is 2.76 bits per heavy atom. The van der Waals surface area contributed by atoms with E-state index in [0.29, 0.717) is 6.61 Å². The van der Waals surface area contributed by atoms with Crippen LogP contribution < -0.4 is 11.1 Å². The lowest BCUT2D eigenvalue weighted by atomic mass is 9.63. The Bertz CT molecular complexity index is 304. The van der Waals surface area contributed by atoms with Crippen molar-refractivity contribution in [1.82, 2.24) is 5.32 Å². The Labute approximate surface area is 103 Å². The van der Waals surface area contributed by atoms with Crippen LogP contribution in [0.4, 0.5) is 0 Å². The van der Waals surface area contributed by atoms with E-state index in [9.17, 15) is 4.79 Å². The minimum Gasteiger partial charge on any atom is -0.377 e. The Morgan fingerprint density at radius 1 is 1.53 bits per heavy atom. The first-order valence-electron chi connectivity index (χ1n) is 6.64. The molecule has 1 heterocycles. The van der Waals surface area contributed by atoms with Gasteiger partial charge in [-0.05, 0) is 19.3 Å². The molecule has 2 aliphatic rings. The van der Waals surface area contributed by atoms with Crippen molar-refractivity contribution in [3.63, 3.8) is 0 Å². The molecule has 1 aliphatic heterocycles. The van der Waals surface area contributed by atoms with E-state index in [1.165, 1.54) is 0 Å². The van der Waals surface area contributed by atoms with Gasteiger partial charge in [-0.3, -0.25) is 4.79 Å². The summed E-state index contributed by atoms with van der Waals surface area (Å²) in [5, 5.41) is 3.14. The summed E-state index contributed by atoms with van der Waals surface area (Å²) in [6.45, 7) is 7.02. The van der Waals surface area contributed by atoms with Gasteiger partial charge < -0.3 is 15.8 Å². The number of rotatable bonds is 3. The van der Waals surface area contributed by atoms with Crippen LogP contribution in [0, 0.1) is 11.3 Å². The van der Waals surface area contributed by atoms with Gasteiger partial charge in [-0.2, -0.15) is 0 Å². The minimum atomic E-state index is 0.0246. The number of carbonyl (C=O) groups excluding carboxylic acids is 1. The lowest BCUT2D eigenvalue weighted by molar-refractivity contribution is -0.130. The smallest absolute Gasteiger partial charge is 0.226 e. The lowest BCUT2D eigenvalue weighted by Gasteiger charge is -2.50. The average Bonchev–Trinajstić information content (AvgIpc) is 2.76. The number of hydrogen-bond donors (Lipinski definition) is 2. The Hall–Kier alpha value is -0.610. The quantitative estimate of drug-likeness (QED) is 0.775. The van der Waals surface area contributed by atoms with E-state index in [4.69, 9.17) is 10.5 Å². The van der Waals surface area contributed by atoms with Gasteiger partial charge in [-0.15, -0.1) is 0 Å². The highest BCUT2D eigenvalue weighted by Gasteiger charge is 2.47. The molecule has 1 saturated carbocycles. The van der Waals surface area contributed by atoms with Crippen LogP contribution in [0.2, 0.25) is 0 Å². The van der Waals surface area contributed by atoms with Crippen molar-refractivity contribution in [3.05, 3.63) is 0 Å². The summed E-state index contributed by atoms with van der Waals surface area (Å²) < 4.78 is 5.56. The fourth-order valence-corrected chi connectivity index (χ4v) is 2.83. The summed E-state index contributed by atoms with van der Waals surface area (Å²) in [6.07, 6.45) is 2.75. The third-order valence-corrected chi connectivity index (χ3v) is 4.61. The first-order chi connectivity index (χ1) is 7.96. The van der Waals surface area contributed by atoms with E-state index in [2.05, 4.69) is 26.1 Å². The molecule has 0 aromatic heterocycles. The molecule has 0 aromatic carbocycles. The summed E-state index contributed by atoms with van der Waals surface area (Å²) >= 11 is 0. The van der Waals surface area contributed by atoms with Crippen LogP contribution in [0.1, 0.15) is 40.0 Å². The van der Waals surface area contributed by atoms with E-state index >= 15 is 0 Å². The normalized spacial score (nSPS) is 39.8. The van der Waals surface area contributed by atoms with E-state index in [1.54, 1.807) is 0 Å². The second-order valence-corrected chi connectivity index (χ2v) is 5.94. The Morgan fingerprint density at radius 2 is 2.24 bits per heavy atom. The SMILES string of the molecule is CCC1OCCC1C(=O)NC1CC(N)C1(C)C. The van der Waals surface area contributed by atoms with Crippen molar-refractivity contribution in [1.29, 1.82) is 0 Å². The second kappa shape index (κ2) is 4.58. The van der Waals surface area contributed by atoms with Crippen LogP contribution in [0.5, 0.6) is 0 Å². The number of ether oxygens (including phenoxy) is 1.